The number of aryl methyl sites for hydroxylation is 1. The van der Waals surface area contributed by atoms with Crippen LogP contribution in [0, 0.1) is 24.1 Å². The van der Waals surface area contributed by atoms with Crippen molar-refractivity contribution in [2.75, 3.05) is 6.54 Å². The van der Waals surface area contributed by atoms with Gasteiger partial charge in [0.15, 0.2) is 9.84 Å². The molecule has 3 fully saturated rings. The predicted molar refractivity (Wildman–Crippen MR) is 128 cm³/mol. The van der Waals surface area contributed by atoms with E-state index in [1.807, 2.05) is 0 Å². The number of carbonyl (C=O) groups excluding carboxylic acids is 2. The van der Waals surface area contributed by atoms with E-state index in [9.17, 15) is 27.7 Å². The molecule has 0 spiro atoms. The zero-order valence-electron chi connectivity index (χ0n) is 19.5. The molecule has 0 unspecified atom stereocenters. The normalized spacial score (nSPS) is 23.6. The maximum atomic E-state index is 14.8. The van der Waals surface area contributed by atoms with Gasteiger partial charge in [-0.3, -0.25) is 14.6 Å². The van der Waals surface area contributed by atoms with Crippen molar-refractivity contribution in [3.8, 4) is 6.07 Å². The van der Waals surface area contributed by atoms with Gasteiger partial charge in [0.05, 0.1) is 32.3 Å². The molecule has 1 aliphatic heterocycles. The quantitative estimate of drug-likeness (QED) is 0.613. The number of aromatic nitrogens is 1. The number of pyridine rings is 1. The lowest BCUT2D eigenvalue weighted by atomic mass is 9.98. The Morgan fingerprint density at radius 2 is 1.94 bits per heavy atom. The van der Waals surface area contributed by atoms with Crippen LogP contribution in [0.25, 0.3) is 0 Å². The van der Waals surface area contributed by atoms with Crippen molar-refractivity contribution >= 4 is 33.3 Å². The number of halogens is 2. The van der Waals surface area contributed by atoms with E-state index in [4.69, 9.17) is 11.6 Å². The van der Waals surface area contributed by atoms with Crippen LogP contribution >= 0.6 is 11.6 Å². The SMILES string of the molecule is Cc1cnc(C2(C(=O)N3C[C@H](S(=O)(=O)c4ccccc4Cl)C[C@H]3C(=O)NC3(C#N)CC3)CC2)c(F)c1. The molecular weight excluding hydrogens is 507 g/mol. The molecule has 1 aromatic carbocycles. The maximum Gasteiger partial charge on any atom is 0.244 e. The minimum atomic E-state index is -4.00. The van der Waals surface area contributed by atoms with Crippen molar-refractivity contribution in [3.63, 3.8) is 0 Å². The number of nitrogens with zero attached hydrogens (tertiary/aromatic N) is 3. The molecule has 8 nitrogen and oxygen atoms in total. The van der Waals surface area contributed by atoms with Gasteiger partial charge in [-0.15, -0.1) is 0 Å². The van der Waals surface area contributed by atoms with E-state index in [0.717, 1.165) is 0 Å². The average Bonchev–Trinajstić information content (AvgIpc) is 3.75. The summed E-state index contributed by atoms with van der Waals surface area (Å²) >= 11 is 6.17. The second-order valence-electron chi connectivity index (χ2n) is 9.91. The zero-order chi connectivity index (χ0) is 25.9. The van der Waals surface area contributed by atoms with Gasteiger partial charge in [-0.05, 0) is 62.8 Å². The highest BCUT2D eigenvalue weighted by molar-refractivity contribution is 7.92. The fourth-order valence-corrected chi connectivity index (χ4v) is 7.11. The Kier molecular flexibility index (Phi) is 5.84. The van der Waals surface area contributed by atoms with Crippen LogP contribution < -0.4 is 5.32 Å². The van der Waals surface area contributed by atoms with Crippen molar-refractivity contribution in [2.45, 2.75) is 66.2 Å². The van der Waals surface area contributed by atoms with Crippen LogP contribution in [0.3, 0.4) is 0 Å². The van der Waals surface area contributed by atoms with E-state index in [0.29, 0.717) is 31.2 Å². The molecule has 2 amide bonds. The number of amides is 2. The smallest absolute Gasteiger partial charge is 0.244 e. The lowest BCUT2D eigenvalue weighted by Gasteiger charge is -2.28. The van der Waals surface area contributed by atoms with E-state index >= 15 is 0 Å². The summed E-state index contributed by atoms with van der Waals surface area (Å²) in [5.74, 6) is -1.73. The number of sulfone groups is 1. The fraction of sp³-hybridized carbons (Fsp3) is 0.440. The minimum absolute atomic E-state index is 0.00496. The summed E-state index contributed by atoms with van der Waals surface area (Å²) in [4.78, 5) is 32.5. The molecule has 2 aliphatic carbocycles. The third kappa shape index (κ3) is 4.04. The number of likely N-dealkylation sites (tertiary alicyclic amines) is 1. The number of hydrogen-bond acceptors (Lipinski definition) is 6. The summed E-state index contributed by atoms with van der Waals surface area (Å²) in [7, 11) is -4.00. The van der Waals surface area contributed by atoms with Gasteiger partial charge < -0.3 is 10.2 Å². The van der Waals surface area contributed by atoms with Crippen LogP contribution in [0.4, 0.5) is 4.39 Å². The molecule has 2 saturated carbocycles. The van der Waals surface area contributed by atoms with Gasteiger partial charge in [0.2, 0.25) is 11.8 Å². The second kappa shape index (κ2) is 8.53. The molecule has 0 radical (unpaired) electrons. The molecule has 1 aromatic heterocycles. The van der Waals surface area contributed by atoms with Gasteiger partial charge in [-0.25, -0.2) is 12.8 Å². The van der Waals surface area contributed by atoms with Gasteiger partial charge in [0, 0.05) is 12.7 Å². The molecule has 2 aromatic rings. The summed E-state index contributed by atoms with van der Waals surface area (Å²) in [6, 6.07) is 8.27. The molecule has 2 atom stereocenters. The Labute approximate surface area is 213 Å². The summed E-state index contributed by atoms with van der Waals surface area (Å²) < 4.78 is 41.8. The summed E-state index contributed by atoms with van der Waals surface area (Å²) in [5, 5.41) is 11.1. The average molecular weight is 531 g/mol. The van der Waals surface area contributed by atoms with E-state index in [-0.39, 0.29) is 28.6 Å². The van der Waals surface area contributed by atoms with Crippen LogP contribution in [-0.4, -0.2) is 53.5 Å². The Bertz CT molecular complexity index is 1420. The molecule has 3 aliphatic rings. The largest absolute Gasteiger partial charge is 0.336 e. The highest BCUT2D eigenvalue weighted by Gasteiger charge is 2.59. The van der Waals surface area contributed by atoms with Gasteiger partial charge in [0.1, 0.15) is 17.4 Å². The first-order chi connectivity index (χ1) is 17.0. The third-order valence-electron chi connectivity index (χ3n) is 7.33. The van der Waals surface area contributed by atoms with Gasteiger partial charge in [0.25, 0.3) is 0 Å². The standard InChI is InChI=1S/C25H24ClFN4O4S/c1-15-10-18(27)21(29-12-15)25(8-9-25)23(33)31-13-16(36(34,35)20-5-3-2-4-17(20)26)11-19(31)22(32)30-24(14-28)6-7-24/h2-5,10,12,16,19H,6-9,11,13H2,1H3,(H,30,32)/t16-,19+/m1/s1. The Balaban J connectivity index is 1.50. The van der Waals surface area contributed by atoms with E-state index in [2.05, 4.69) is 16.4 Å². The topological polar surface area (TPSA) is 120 Å². The summed E-state index contributed by atoms with van der Waals surface area (Å²) in [6.07, 6.45) is 2.97. The molecule has 36 heavy (non-hydrogen) atoms. The highest BCUT2D eigenvalue weighted by Crippen LogP contribution is 2.51. The molecule has 1 N–H and O–H groups in total. The second-order valence-corrected chi connectivity index (χ2v) is 12.5. The summed E-state index contributed by atoms with van der Waals surface area (Å²) in [5.41, 5.74) is -1.63. The number of rotatable bonds is 6. The van der Waals surface area contributed by atoms with Crippen molar-refractivity contribution in [1.82, 2.24) is 15.2 Å². The molecule has 11 heteroatoms. The van der Waals surface area contributed by atoms with Crippen LogP contribution in [0.5, 0.6) is 0 Å². The lowest BCUT2D eigenvalue weighted by molar-refractivity contribution is -0.140. The van der Waals surface area contributed by atoms with Crippen LogP contribution in [-0.2, 0) is 24.8 Å². The Hall–Kier alpha value is -3.03. The van der Waals surface area contributed by atoms with Gasteiger partial charge in [-0.2, -0.15) is 5.26 Å². The number of nitrogens with one attached hydrogen (secondary N) is 1. The predicted octanol–water partition coefficient (Wildman–Crippen LogP) is 2.83. The van der Waals surface area contributed by atoms with Crippen molar-refractivity contribution in [1.29, 1.82) is 5.26 Å². The number of carbonyl (C=O) groups is 2. The van der Waals surface area contributed by atoms with Crippen molar-refractivity contribution in [2.24, 2.45) is 0 Å². The van der Waals surface area contributed by atoms with E-state index in [1.165, 1.54) is 29.3 Å². The van der Waals surface area contributed by atoms with Gasteiger partial charge in [-0.1, -0.05) is 23.7 Å². The maximum absolute atomic E-state index is 14.8. The van der Waals surface area contributed by atoms with Gasteiger partial charge >= 0.3 is 0 Å². The first-order valence-corrected chi connectivity index (χ1v) is 13.6. The fourth-order valence-electron chi connectivity index (χ4n) is 4.90. The van der Waals surface area contributed by atoms with Crippen LogP contribution in [0.15, 0.2) is 41.4 Å². The first kappa shape index (κ1) is 24.7. The third-order valence-corrected chi connectivity index (χ3v) is 9.96. The first-order valence-electron chi connectivity index (χ1n) is 11.7. The van der Waals surface area contributed by atoms with Crippen molar-refractivity contribution < 1.29 is 22.4 Å². The molecule has 2 heterocycles. The monoisotopic (exact) mass is 530 g/mol. The van der Waals surface area contributed by atoms with E-state index < -0.39 is 49.7 Å². The molecule has 0 bridgehead atoms. The molecule has 188 valence electrons. The van der Waals surface area contributed by atoms with Crippen LogP contribution in [0.2, 0.25) is 5.02 Å². The van der Waals surface area contributed by atoms with Crippen molar-refractivity contribution in [3.05, 3.63) is 58.6 Å². The Morgan fingerprint density at radius 1 is 1.25 bits per heavy atom. The van der Waals surface area contributed by atoms with Crippen LogP contribution in [0.1, 0.15) is 43.4 Å². The zero-order valence-corrected chi connectivity index (χ0v) is 21.1. The molecular formula is C25H24ClFN4O4S. The molecule has 5 rings (SSSR count). The minimum Gasteiger partial charge on any atom is -0.336 e. The van der Waals surface area contributed by atoms with E-state index in [1.54, 1.807) is 19.1 Å². The number of benzene rings is 1. The number of nitriles is 1. The summed E-state index contributed by atoms with van der Waals surface area (Å²) in [6.45, 7) is 1.44. The molecule has 1 saturated heterocycles. The number of hydrogen-bond donors (Lipinski definition) is 1. The highest BCUT2D eigenvalue weighted by atomic mass is 35.5. The lowest BCUT2D eigenvalue weighted by Crippen LogP contribution is -2.52. The Morgan fingerprint density at radius 3 is 2.53 bits per heavy atom.